The van der Waals surface area contributed by atoms with Crippen LogP contribution in [0, 0.1) is 0 Å². The van der Waals surface area contributed by atoms with Crippen molar-refractivity contribution in [3.8, 4) is 11.5 Å². The summed E-state index contributed by atoms with van der Waals surface area (Å²) in [5.41, 5.74) is 1.64. The van der Waals surface area contributed by atoms with Crippen LogP contribution in [0.25, 0.3) is 0 Å². The SMILES string of the molecule is CC(=O)Nc1cccc(CNC(=O)CSc2ccc3c(c2)OCCO3)c1. The lowest BCUT2D eigenvalue weighted by molar-refractivity contribution is -0.118. The van der Waals surface area contributed by atoms with Crippen LogP contribution in [-0.2, 0) is 16.1 Å². The maximum atomic E-state index is 12.1. The van der Waals surface area contributed by atoms with Crippen LogP contribution in [0.2, 0.25) is 0 Å². The molecule has 2 aromatic carbocycles. The number of rotatable bonds is 6. The van der Waals surface area contributed by atoms with E-state index in [1.54, 1.807) is 0 Å². The molecule has 26 heavy (non-hydrogen) atoms. The number of ether oxygens (including phenoxy) is 2. The molecule has 6 nitrogen and oxygen atoms in total. The number of carbonyl (C=O) groups is 2. The number of hydrogen-bond acceptors (Lipinski definition) is 5. The fourth-order valence-electron chi connectivity index (χ4n) is 2.48. The minimum atomic E-state index is -0.123. The third-order valence-electron chi connectivity index (χ3n) is 3.62. The predicted molar refractivity (Wildman–Crippen MR) is 101 cm³/mol. The molecule has 0 spiro atoms. The van der Waals surface area contributed by atoms with Crippen LogP contribution in [-0.4, -0.2) is 30.8 Å². The fourth-order valence-corrected chi connectivity index (χ4v) is 3.23. The minimum Gasteiger partial charge on any atom is -0.486 e. The van der Waals surface area contributed by atoms with Crippen molar-refractivity contribution in [3.05, 3.63) is 48.0 Å². The van der Waals surface area contributed by atoms with Crippen LogP contribution in [0.1, 0.15) is 12.5 Å². The van der Waals surface area contributed by atoms with E-state index in [1.165, 1.54) is 18.7 Å². The van der Waals surface area contributed by atoms with Gasteiger partial charge in [-0.2, -0.15) is 0 Å². The molecule has 0 aromatic heterocycles. The Balaban J connectivity index is 1.48. The molecule has 1 aliphatic rings. The molecule has 2 aromatic rings. The maximum absolute atomic E-state index is 12.1. The van der Waals surface area contributed by atoms with E-state index >= 15 is 0 Å². The van der Waals surface area contributed by atoms with Gasteiger partial charge in [-0.15, -0.1) is 11.8 Å². The summed E-state index contributed by atoms with van der Waals surface area (Å²) in [6.07, 6.45) is 0. The van der Waals surface area contributed by atoms with E-state index in [9.17, 15) is 9.59 Å². The third kappa shape index (κ3) is 5.16. The van der Waals surface area contributed by atoms with Gasteiger partial charge in [0.1, 0.15) is 13.2 Å². The van der Waals surface area contributed by atoms with Gasteiger partial charge in [0, 0.05) is 24.1 Å². The predicted octanol–water partition coefficient (Wildman–Crippen LogP) is 2.82. The van der Waals surface area contributed by atoms with Crippen molar-refractivity contribution < 1.29 is 19.1 Å². The van der Waals surface area contributed by atoms with Crippen LogP contribution in [0.3, 0.4) is 0 Å². The molecule has 0 bridgehead atoms. The molecule has 2 N–H and O–H groups in total. The highest BCUT2D eigenvalue weighted by molar-refractivity contribution is 8.00. The van der Waals surface area contributed by atoms with Crippen LogP contribution in [0.15, 0.2) is 47.4 Å². The molecule has 2 amide bonds. The smallest absolute Gasteiger partial charge is 0.230 e. The molecular weight excluding hydrogens is 352 g/mol. The summed E-state index contributed by atoms with van der Waals surface area (Å²) in [5.74, 6) is 1.59. The highest BCUT2D eigenvalue weighted by Crippen LogP contribution is 2.34. The van der Waals surface area contributed by atoms with Crippen molar-refractivity contribution in [2.24, 2.45) is 0 Å². The molecule has 1 heterocycles. The molecule has 7 heteroatoms. The summed E-state index contributed by atoms with van der Waals surface area (Å²) in [4.78, 5) is 24.1. The number of amides is 2. The van der Waals surface area contributed by atoms with Crippen molar-refractivity contribution >= 4 is 29.3 Å². The molecule has 0 fully saturated rings. The van der Waals surface area contributed by atoms with Crippen molar-refractivity contribution in [3.63, 3.8) is 0 Å². The lowest BCUT2D eigenvalue weighted by Crippen LogP contribution is -2.24. The van der Waals surface area contributed by atoms with Gasteiger partial charge < -0.3 is 20.1 Å². The average molecular weight is 372 g/mol. The summed E-state index contributed by atoms with van der Waals surface area (Å²) in [6, 6.07) is 13.1. The van der Waals surface area contributed by atoms with Gasteiger partial charge in [-0.05, 0) is 35.9 Å². The van der Waals surface area contributed by atoms with Crippen LogP contribution in [0.4, 0.5) is 5.69 Å². The minimum absolute atomic E-state index is 0.0604. The number of thioether (sulfide) groups is 1. The highest BCUT2D eigenvalue weighted by Gasteiger charge is 2.12. The summed E-state index contributed by atoms with van der Waals surface area (Å²) in [7, 11) is 0. The number of hydrogen-bond donors (Lipinski definition) is 2. The average Bonchev–Trinajstić information content (AvgIpc) is 2.64. The highest BCUT2D eigenvalue weighted by atomic mass is 32.2. The first-order valence-corrected chi connectivity index (χ1v) is 9.24. The van der Waals surface area contributed by atoms with Crippen molar-refractivity contribution in [2.75, 3.05) is 24.3 Å². The molecule has 136 valence electrons. The first-order valence-electron chi connectivity index (χ1n) is 8.26. The summed E-state index contributed by atoms with van der Waals surface area (Å²) >= 11 is 1.44. The second-order valence-electron chi connectivity index (χ2n) is 5.75. The fraction of sp³-hybridized carbons (Fsp3) is 0.263. The summed E-state index contributed by atoms with van der Waals surface area (Å²) < 4.78 is 11.0. The normalized spacial score (nSPS) is 12.3. The topological polar surface area (TPSA) is 76.7 Å². The van der Waals surface area contributed by atoms with E-state index in [2.05, 4.69) is 10.6 Å². The van der Waals surface area contributed by atoms with E-state index in [0.29, 0.717) is 25.5 Å². The summed E-state index contributed by atoms with van der Waals surface area (Å²) in [6.45, 7) is 2.97. The number of fused-ring (bicyclic) bond motifs is 1. The first-order chi connectivity index (χ1) is 12.6. The summed E-state index contributed by atoms with van der Waals surface area (Å²) in [5, 5.41) is 5.61. The largest absolute Gasteiger partial charge is 0.486 e. The first kappa shape index (κ1) is 18.1. The Morgan fingerprint density at radius 2 is 1.88 bits per heavy atom. The Labute approximate surface area is 156 Å². The van der Waals surface area contributed by atoms with Gasteiger partial charge in [0.2, 0.25) is 11.8 Å². The molecule has 1 aliphatic heterocycles. The lowest BCUT2D eigenvalue weighted by Gasteiger charge is -2.18. The lowest BCUT2D eigenvalue weighted by atomic mass is 10.2. The number of nitrogens with one attached hydrogen (secondary N) is 2. The van der Waals surface area contributed by atoms with E-state index in [1.807, 2.05) is 42.5 Å². The van der Waals surface area contributed by atoms with E-state index in [-0.39, 0.29) is 11.8 Å². The standard InChI is InChI=1S/C19H20N2O4S/c1-13(22)21-15-4-2-3-14(9-15)11-20-19(23)12-26-16-5-6-17-18(10-16)25-8-7-24-17/h2-6,9-10H,7-8,11-12H2,1H3,(H,20,23)(H,21,22). The molecule has 0 aliphatic carbocycles. The van der Waals surface area contributed by atoms with Crippen molar-refractivity contribution in [2.45, 2.75) is 18.4 Å². The quantitative estimate of drug-likeness (QED) is 0.763. The Morgan fingerprint density at radius 3 is 2.69 bits per heavy atom. The Morgan fingerprint density at radius 1 is 1.08 bits per heavy atom. The molecule has 0 saturated carbocycles. The monoisotopic (exact) mass is 372 g/mol. The molecule has 0 atom stereocenters. The Hall–Kier alpha value is -2.67. The number of anilines is 1. The zero-order valence-electron chi connectivity index (χ0n) is 14.4. The van der Waals surface area contributed by atoms with Gasteiger partial charge in [-0.25, -0.2) is 0 Å². The molecule has 0 saturated heterocycles. The maximum Gasteiger partial charge on any atom is 0.230 e. The molecular formula is C19H20N2O4S. The molecule has 0 radical (unpaired) electrons. The Bertz CT molecular complexity index is 810. The van der Waals surface area contributed by atoms with E-state index in [4.69, 9.17) is 9.47 Å². The van der Waals surface area contributed by atoms with Crippen LogP contribution in [0.5, 0.6) is 11.5 Å². The number of benzene rings is 2. The van der Waals surface area contributed by atoms with Crippen LogP contribution < -0.4 is 20.1 Å². The van der Waals surface area contributed by atoms with Gasteiger partial charge in [0.15, 0.2) is 11.5 Å². The second-order valence-corrected chi connectivity index (χ2v) is 6.80. The van der Waals surface area contributed by atoms with Gasteiger partial charge in [-0.1, -0.05) is 12.1 Å². The van der Waals surface area contributed by atoms with Gasteiger partial charge in [0.05, 0.1) is 5.75 Å². The van der Waals surface area contributed by atoms with E-state index in [0.717, 1.165) is 27.6 Å². The zero-order valence-corrected chi connectivity index (χ0v) is 15.2. The zero-order chi connectivity index (χ0) is 18.4. The van der Waals surface area contributed by atoms with Crippen LogP contribution >= 0.6 is 11.8 Å². The van der Waals surface area contributed by atoms with Gasteiger partial charge >= 0.3 is 0 Å². The number of carbonyl (C=O) groups excluding carboxylic acids is 2. The molecule has 3 rings (SSSR count). The van der Waals surface area contributed by atoms with Gasteiger partial charge in [0.25, 0.3) is 0 Å². The van der Waals surface area contributed by atoms with Gasteiger partial charge in [-0.3, -0.25) is 9.59 Å². The Kier molecular flexibility index (Phi) is 6.01. The molecule has 0 unspecified atom stereocenters. The third-order valence-corrected chi connectivity index (χ3v) is 4.61. The van der Waals surface area contributed by atoms with Crippen molar-refractivity contribution in [1.29, 1.82) is 0 Å². The second kappa shape index (κ2) is 8.62. The van der Waals surface area contributed by atoms with E-state index < -0.39 is 0 Å². The van der Waals surface area contributed by atoms with Crippen molar-refractivity contribution in [1.82, 2.24) is 5.32 Å².